The summed E-state index contributed by atoms with van der Waals surface area (Å²) in [6, 6.07) is 0. The van der Waals surface area contributed by atoms with Crippen molar-refractivity contribution in [1.82, 2.24) is 0 Å². The lowest BCUT2D eigenvalue weighted by molar-refractivity contribution is -0.0498. The topological polar surface area (TPSA) is 24.7 Å². The third-order valence-electron chi connectivity index (χ3n) is 1.99. The lowest BCUT2D eigenvalue weighted by Crippen LogP contribution is -2.36. The summed E-state index contributed by atoms with van der Waals surface area (Å²) in [5, 5.41) is 6.79. The summed E-state index contributed by atoms with van der Waals surface area (Å²) in [4.78, 5) is 0. The van der Waals surface area contributed by atoms with Crippen molar-refractivity contribution in [2.24, 2.45) is 10.2 Å². The van der Waals surface area contributed by atoms with E-state index in [0.717, 1.165) is 0 Å². The summed E-state index contributed by atoms with van der Waals surface area (Å²) in [5.74, 6) is -0.523. The fourth-order valence-corrected chi connectivity index (χ4v) is 1.02. The largest absolute Gasteiger partial charge is 0.295 e. The zero-order valence-electron chi connectivity index (χ0n) is 6.85. The highest BCUT2D eigenvalue weighted by Gasteiger charge is 2.60. The molecule has 1 rings (SSSR count). The first-order valence-corrected chi connectivity index (χ1v) is 3.83. The van der Waals surface area contributed by atoms with Crippen LogP contribution >= 0.6 is 0 Å². The van der Waals surface area contributed by atoms with Crippen molar-refractivity contribution in [3.63, 3.8) is 0 Å². The Balaban J connectivity index is 2.55. The molecule has 0 unspecified atom stereocenters. The van der Waals surface area contributed by atoms with Crippen LogP contribution in [0.5, 0.6) is 0 Å². The average Bonchev–Trinajstić information content (AvgIpc) is 2.82. The molecular weight excluding hydrogens is 162 g/mol. The van der Waals surface area contributed by atoms with Gasteiger partial charge in [0.05, 0.1) is 0 Å². The van der Waals surface area contributed by atoms with Crippen molar-refractivity contribution in [1.29, 1.82) is 0 Å². The van der Waals surface area contributed by atoms with Gasteiger partial charge in [-0.2, -0.15) is 10.2 Å². The molecule has 0 radical (unpaired) electrons. The van der Waals surface area contributed by atoms with E-state index in [0.29, 0.717) is 6.42 Å². The molecule has 0 fully saturated rings. The quantitative estimate of drug-likeness (QED) is 0.582. The van der Waals surface area contributed by atoms with Gasteiger partial charge in [-0.1, -0.05) is 6.92 Å². The van der Waals surface area contributed by atoms with Gasteiger partial charge in [-0.25, -0.2) is 8.78 Å². The van der Waals surface area contributed by atoms with Crippen LogP contribution in [0.3, 0.4) is 0 Å². The van der Waals surface area contributed by atoms with E-state index in [9.17, 15) is 8.78 Å². The van der Waals surface area contributed by atoms with Gasteiger partial charge in [0.15, 0.2) is 0 Å². The van der Waals surface area contributed by atoms with E-state index in [1.165, 1.54) is 6.92 Å². The number of alkyl halides is 2. The van der Waals surface area contributed by atoms with Crippen LogP contribution in [0, 0.1) is 12.3 Å². The Morgan fingerprint density at radius 3 is 2.42 bits per heavy atom. The van der Waals surface area contributed by atoms with E-state index in [2.05, 4.69) is 16.1 Å². The molecule has 1 aliphatic heterocycles. The van der Waals surface area contributed by atoms with E-state index in [-0.39, 0.29) is 12.8 Å². The lowest BCUT2D eigenvalue weighted by Gasteiger charge is -2.19. The highest BCUT2D eigenvalue weighted by atomic mass is 19.3. The molecule has 4 heteroatoms. The normalized spacial score (nSPS) is 18.8. The summed E-state index contributed by atoms with van der Waals surface area (Å²) >= 11 is 0. The molecule has 2 nitrogen and oxygen atoms in total. The Labute approximate surface area is 70.1 Å². The van der Waals surface area contributed by atoms with Gasteiger partial charge in [0.2, 0.25) is 0 Å². The SMILES string of the molecule is C#CCCC1(C(F)(F)CC)N=N1. The van der Waals surface area contributed by atoms with E-state index in [4.69, 9.17) is 6.42 Å². The molecule has 0 spiro atoms. The lowest BCUT2D eigenvalue weighted by atomic mass is 9.98. The Morgan fingerprint density at radius 2 is 2.08 bits per heavy atom. The summed E-state index contributed by atoms with van der Waals surface area (Å²) in [6.45, 7) is 1.42. The monoisotopic (exact) mass is 172 g/mol. The Hall–Kier alpha value is -0.980. The van der Waals surface area contributed by atoms with Crippen LogP contribution in [0.4, 0.5) is 8.78 Å². The molecule has 0 aliphatic carbocycles. The van der Waals surface area contributed by atoms with Crippen LogP contribution in [0.2, 0.25) is 0 Å². The fraction of sp³-hybridized carbons (Fsp3) is 0.750. The standard InChI is InChI=1S/C8H10F2N2/c1-3-5-6-8(11-12-8)7(9,10)4-2/h1H,4-6H2,2H3. The van der Waals surface area contributed by atoms with Gasteiger partial charge >= 0.3 is 0 Å². The summed E-state index contributed by atoms with van der Waals surface area (Å²) in [7, 11) is 0. The van der Waals surface area contributed by atoms with Crippen LogP contribution in [0.1, 0.15) is 26.2 Å². The van der Waals surface area contributed by atoms with Crippen LogP contribution in [0.15, 0.2) is 10.2 Å². The molecule has 0 atom stereocenters. The molecule has 66 valence electrons. The number of terminal acetylenes is 1. The molecule has 1 aliphatic rings. The van der Waals surface area contributed by atoms with Gasteiger partial charge in [0, 0.05) is 19.3 Å². The molecule has 0 saturated heterocycles. The minimum atomic E-state index is -2.83. The molecule has 0 aromatic rings. The van der Waals surface area contributed by atoms with Crippen LogP contribution in [-0.2, 0) is 0 Å². The van der Waals surface area contributed by atoms with Gasteiger partial charge in [-0.3, -0.25) is 0 Å². The molecule has 0 saturated carbocycles. The zero-order chi connectivity index (χ0) is 9.24. The third-order valence-corrected chi connectivity index (χ3v) is 1.99. The molecule has 0 aromatic heterocycles. The first-order valence-electron chi connectivity index (χ1n) is 3.83. The van der Waals surface area contributed by atoms with E-state index in [1.807, 2.05) is 0 Å². The van der Waals surface area contributed by atoms with Crippen molar-refractivity contribution >= 4 is 0 Å². The van der Waals surface area contributed by atoms with Gasteiger partial charge < -0.3 is 0 Å². The first-order chi connectivity index (χ1) is 5.58. The fourth-order valence-electron chi connectivity index (χ4n) is 1.02. The number of hydrogen-bond acceptors (Lipinski definition) is 2. The van der Waals surface area contributed by atoms with Gasteiger partial charge in [-0.15, -0.1) is 12.3 Å². The molecule has 1 heterocycles. The molecule has 0 aromatic carbocycles. The van der Waals surface area contributed by atoms with E-state index < -0.39 is 11.6 Å². The van der Waals surface area contributed by atoms with Gasteiger partial charge in [0.25, 0.3) is 11.6 Å². The molecule has 0 amide bonds. The van der Waals surface area contributed by atoms with Crippen molar-refractivity contribution in [3.8, 4) is 12.3 Å². The second-order valence-electron chi connectivity index (χ2n) is 2.78. The minimum Gasteiger partial charge on any atom is -0.202 e. The van der Waals surface area contributed by atoms with Crippen molar-refractivity contribution < 1.29 is 8.78 Å². The predicted octanol–water partition coefficient (Wildman–Crippen LogP) is 2.61. The third kappa shape index (κ3) is 1.31. The van der Waals surface area contributed by atoms with Crippen molar-refractivity contribution in [3.05, 3.63) is 0 Å². The molecule has 0 bridgehead atoms. The van der Waals surface area contributed by atoms with Crippen molar-refractivity contribution in [2.45, 2.75) is 37.8 Å². The molecular formula is C8H10F2N2. The zero-order valence-corrected chi connectivity index (χ0v) is 6.85. The van der Waals surface area contributed by atoms with E-state index >= 15 is 0 Å². The second-order valence-corrected chi connectivity index (χ2v) is 2.78. The Kier molecular flexibility index (Phi) is 2.14. The van der Waals surface area contributed by atoms with E-state index in [1.54, 1.807) is 0 Å². The predicted molar refractivity (Wildman–Crippen MR) is 40.9 cm³/mol. The summed E-state index contributed by atoms with van der Waals surface area (Å²) < 4.78 is 26.1. The Morgan fingerprint density at radius 1 is 1.50 bits per heavy atom. The van der Waals surface area contributed by atoms with Crippen LogP contribution < -0.4 is 0 Å². The second kappa shape index (κ2) is 2.81. The molecule has 12 heavy (non-hydrogen) atoms. The average molecular weight is 172 g/mol. The van der Waals surface area contributed by atoms with Gasteiger partial charge in [0.1, 0.15) is 0 Å². The number of rotatable bonds is 4. The van der Waals surface area contributed by atoms with Crippen molar-refractivity contribution in [2.75, 3.05) is 0 Å². The first kappa shape index (κ1) is 9.11. The van der Waals surface area contributed by atoms with Crippen LogP contribution in [-0.4, -0.2) is 11.6 Å². The maximum Gasteiger partial charge on any atom is 0.295 e. The van der Waals surface area contributed by atoms with Crippen LogP contribution in [0.25, 0.3) is 0 Å². The minimum absolute atomic E-state index is 0.157. The number of halogens is 2. The number of nitrogens with zero attached hydrogens (tertiary/aromatic N) is 2. The molecule has 0 N–H and O–H groups in total. The highest BCUT2D eigenvalue weighted by Crippen LogP contribution is 2.48. The maximum absolute atomic E-state index is 13.1. The van der Waals surface area contributed by atoms with Gasteiger partial charge in [-0.05, 0) is 0 Å². The smallest absolute Gasteiger partial charge is 0.202 e. The number of hydrogen-bond donors (Lipinski definition) is 0. The Bertz CT molecular complexity index is 234. The summed E-state index contributed by atoms with van der Waals surface area (Å²) in [5.41, 5.74) is -1.48. The maximum atomic E-state index is 13.1. The summed E-state index contributed by atoms with van der Waals surface area (Å²) in [6.07, 6.45) is 5.18. The highest BCUT2D eigenvalue weighted by molar-refractivity contribution is 5.06.